The van der Waals surface area contributed by atoms with Crippen molar-refractivity contribution in [1.29, 1.82) is 0 Å². The van der Waals surface area contributed by atoms with E-state index in [1.165, 1.54) is 16.8 Å². The second kappa shape index (κ2) is 6.80. The van der Waals surface area contributed by atoms with Crippen LogP contribution < -0.4 is 10.9 Å². The lowest BCUT2D eigenvalue weighted by Gasteiger charge is -2.20. The first-order valence-electron chi connectivity index (χ1n) is 8.88. The summed E-state index contributed by atoms with van der Waals surface area (Å²) in [5.41, 5.74) is 0.756. The lowest BCUT2D eigenvalue weighted by atomic mass is 9.92. The summed E-state index contributed by atoms with van der Waals surface area (Å²) in [6, 6.07) is 12.2. The van der Waals surface area contributed by atoms with Crippen molar-refractivity contribution in [3.63, 3.8) is 0 Å². The van der Waals surface area contributed by atoms with E-state index in [2.05, 4.69) is 10.4 Å². The van der Waals surface area contributed by atoms with Gasteiger partial charge in [-0.2, -0.15) is 9.78 Å². The molecule has 1 aromatic heterocycles. The van der Waals surface area contributed by atoms with Crippen LogP contribution in [-0.4, -0.2) is 46.8 Å². The predicted molar refractivity (Wildman–Crippen MR) is 94.8 cm³/mol. The summed E-state index contributed by atoms with van der Waals surface area (Å²) < 4.78 is 1.30. The minimum Gasteiger partial charge on any atom is -0.337 e. The van der Waals surface area contributed by atoms with E-state index in [0.29, 0.717) is 23.2 Å². The minimum absolute atomic E-state index is 0.0855. The molecule has 6 nitrogen and oxygen atoms in total. The van der Waals surface area contributed by atoms with Crippen LogP contribution in [0.4, 0.5) is 0 Å². The topological polar surface area (TPSA) is 67.2 Å². The van der Waals surface area contributed by atoms with Gasteiger partial charge in [-0.05, 0) is 56.0 Å². The van der Waals surface area contributed by atoms with Gasteiger partial charge in [0.15, 0.2) is 0 Å². The highest BCUT2D eigenvalue weighted by Gasteiger charge is 2.32. The Kier molecular flexibility index (Phi) is 4.36. The van der Waals surface area contributed by atoms with Crippen LogP contribution in [0.1, 0.15) is 23.3 Å². The first-order chi connectivity index (χ1) is 12.2. The Morgan fingerprint density at radius 2 is 1.68 bits per heavy atom. The van der Waals surface area contributed by atoms with Crippen molar-refractivity contribution in [2.75, 3.05) is 26.2 Å². The zero-order valence-corrected chi connectivity index (χ0v) is 14.1. The van der Waals surface area contributed by atoms with E-state index >= 15 is 0 Å². The summed E-state index contributed by atoms with van der Waals surface area (Å²) in [6.45, 7) is 3.63. The molecule has 0 bridgehead atoms. The largest absolute Gasteiger partial charge is 0.337 e. The molecule has 2 fully saturated rings. The number of amides is 1. The average Bonchev–Trinajstić information content (AvgIpc) is 3.01. The maximum Gasteiger partial charge on any atom is 0.274 e. The van der Waals surface area contributed by atoms with Gasteiger partial charge >= 0.3 is 0 Å². The van der Waals surface area contributed by atoms with E-state index in [-0.39, 0.29) is 11.5 Å². The summed E-state index contributed by atoms with van der Waals surface area (Å²) >= 11 is 0. The molecule has 25 heavy (non-hydrogen) atoms. The van der Waals surface area contributed by atoms with Gasteiger partial charge in [-0.25, -0.2) is 0 Å². The number of benzene rings is 1. The smallest absolute Gasteiger partial charge is 0.274 e. The quantitative estimate of drug-likeness (QED) is 0.896. The molecule has 0 saturated carbocycles. The molecule has 0 radical (unpaired) electrons. The van der Waals surface area contributed by atoms with Crippen LogP contribution in [0, 0.1) is 11.8 Å². The number of carbonyl (C=O) groups is 1. The van der Waals surface area contributed by atoms with Gasteiger partial charge < -0.3 is 10.2 Å². The third kappa shape index (κ3) is 3.22. The van der Waals surface area contributed by atoms with E-state index in [0.717, 1.165) is 39.0 Å². The summed E-state index contributed by atoms with van der Waals surface area (Å²) in [7, 11) is 0. The molecule has 1 N–H and O–H groups in total. The number of nitrogens with one attached hydrogen (secondary N) is 1. The second-order valence-electron chi connectivity index (χ2n) is 6.85. The van der Waals surface area contributed by atoms with Gasteiger partial charge in [-0.1, -0.05) is 18.2 Å². The number of likely N-dealkylation sites (tertiary alicyclic amines) is 1. The Balaban J connectivity index is 1.57. The van der Waals surface area contributed by atoms with Crippen molar-refractivity contribution in [1.82, 2.24) is 20.0 Å². The van der Waals surface area contributed by atoms with Crippen LogP contribution in [-0.2, 0) is 0 Å². The normalized spacial score (nSPS) is 23.1. The third-order valence-electron chi connectivity index (χ3n) is 5.33. The average molecular weight is 338 g/mol. The van der Waals surface area contributed by atoms with Crippen molar-refractivity contribution in [2.24, 2.45) is 11.8 Å². The van der Waals surface area contributed by atoms with Gasteiger partial charge in [-0.15, -0.1) is 0 Å². The minimum atomic E-state index is -0.237. The molecule has 2 aliphatic heterocycles. The highest BCUT2D eigenvalue weighted by molar-refractivity contribution is 5.92. The molecule has 1 aromatic carbocycles. The first-order valence-corrected chi connectivity index (χ1v) is 8.88. The summed E-state index contributed by atoms with van der Waals surface area (Å²) in [4.78, 5) is 26.9. The molecule has 2 saturated heterocycles. The lowest BCUT2D eigenvalue weighted by molar-refractivity contribution is 0.0750. The van der Waals surface area contributed by atoms with Crippen molar-refractivity contribution >= 4 is 5.91 Å². The predicted octanol–water partition coefficient (Wildman–Crippen LogP) is 1.30. The van der Waals surface area contributed by atoms with Crippen LogP contribution in [0.25, 0.3) is 5.69 Å². The van der Waals surface area contributed by atoms with Crippen LogP contribution in [0.2, 0.25) is 0 Å². The number of nitrogens with zero attached hydrogens (tertiary/aromatic N) is 3. The molecule has 6 heteroatoms. The first kappa shape index (κ1) is 16.0. The van der Waals surface area contributed by atoms with Gasteiger partial charge in [0.1, 0.15) is 5.69 Å². The third-order valence-corrected chi connectivity index (χ3v) is 5.33. The van der Waals surface area contributed by atoms with Crippen LogP contribution in [0.3, 0.4) is 0 Å². The van der Waals surface area contributed by atoms with Gasteiger partial charge in [0.05, 0.1) is 5.69 Å². The lowest BCUT2D eigenvalue weighted by Crippen LogP contribution is -2.35. The van der Waals surface area contributed by atoms with Crippen molar-refractivity contribution in [3.05, 3.63) is 58.5 Å². The second-order valence-corrected chi connectivity index (χ2v) is 6.85. The molecule has 0 unspecified atom stereocenters. The number of rotatable bonds is 2. The Morgan fingerprint density at radius 3 is 2.36 bits per heavy atom. The number of fused-ring (bicyclic) bond motifs is 1. The SMILES string of the molecule is O=C(c1ccc(=O)n(-c2ccccc2)n1)N1CC[C@@H]2CNC[C@@H]2CC1. The maximum absolute atomic E-state index is 12.9. The van der Waals surface area contributed by atoms with E-state index in [9.17, 15) is 9.59 Å². The number of hydrogen-bond acceptors (Lipinski definition) is 4. The van der Waals surface area contributed by atoms with E-state index in [4.69, 9.17) is 0 Å². The highest BCUT2D eigenvalue weighted by Crippen LogP contribution is 2.27. The van der Waals surface area contributed by atoms with Gasteiger partial charge in [0.25, 0.3) is 11.5 Å². The Bertz CT molecular complexity index is 804. The molecule has 0 aliphatic carbocycles. The number of hydrogen-bond donors (Lipinski definition) is 1. The number of carbonyl (C=O) groups excluding carboxylic acids is 1. The molecule has 0 spiro atoms. The summed E-state index contributed by atoms with van der Waals surface area (Å²) in [6.07, 6.45) is 2.06. The van der Waals surface area contributed by atoms with Gasteiger partial charge in [0, 0.05) is 19.2 Å². The van der Waals surface area contributed by atoms with Crippen molar-refractivity contribution < 1.29 is 4.79 Å². The van der Waals surface area contributed by atoms with Crippen molar-refractivity contribution in [3.8, 4) is 5.69 Å². The zero-order chi connectivity index (χ0) is 17.2. The fraction of sp³-hybridized carbons (Fsp3) is 0.421. The van der Waals surface area contributed by atoms with E-state index in [1.54, 1.807) is 0 Å². The molecule has 130 valence electrons. The maximum atomic E-state index is 12.9. The number of para-hydroxylation sites is 1. The molecule has 3 heterocycles. The monoisotopic (exact) mass is 338 g/mol. The van der Waals surface area contributed by atoms with Crippen LogP contribution >= 0.6 is 0 Å². The molecular formula is C19H22N4O2. The van der Waals surface area contributed by atoms with Gasteiger partial charge in [-0.3, -0.25) is 9.59 Å². The van der Waals surface area contributed by atoms with Crippen molar-refractivity contribution in [2.45, 2.75) is 12.8 Å². The fourth-order valence-electron chi connectivity index (χ4n) is 3.86. The summed E-state index contributed by atoms with van der Waals surface area (Å²) in [5, 5.41) is 7.77. The van der Waals surface area contributed by atoms with Crippen LogP contribution in [0.15, 0.2) is 47.3 Å². The van der Waals surface area contributed by atoms with E-state index in [1.807, 2.05) is 35.2 Å². The highest BCUT2D eigenvalue weighted by atomic mass is 16.2. The zero-order valence-electron chi connectivity index (χ0n) is 14.1. The number of aromatic nitrogens is 2. The molecular weight excluding hydrogens is 316 g/mol. The molecule has 2 aromatic rings. The molecule has 1 amide bonds. The summed E-state index contributed by atoms with van der Waals surface area (Å²) in [5.74, 6) is 1.26. The molecule has 4 rings (SSSR count). The molecule has 2 aliphatic rings. The molecule has 2 atom stereocenters. The van der Waals surface area contributed by atoms with E-state index < -0.39 is 0 Å². The Labute approximate surface area is 146 Å². The Hall–Kier alpha value is -2.47. The fourth-order valence-corrected chi connectivity index (χ4v) is 3.86. The standard InChI is InChI=1S/C19H22N4O2/c24-18-7-6-17(21-23(18)16-4-2-1-3-5-16)19(25)22-10-8-14-12-20-13-15(14)9-11-22/h1-7,14-15,20H,8-13H2/t14-,15+. The van der Waals surface area contributed by atoms with Crippen LogP contribution in [0.5, 0.6) is 0 Å². The Morgan fingerprint density at radius 1 is 1.00 bits per heavy atom. The van der Waals surface area contributed by atoms with Gasteiger partial charge in [0.2, 0.25) is 0 Å².